The number of hydrogen-bond donors (Lipinski definition) is 0. The highest BCUT2D eigenvalue weighted by atomic mass is 19.1. The number of oxazole rings is 1. The molecule has 0 radical (unpaired) electrons. The van der Waals surface area contributed by atoms with E-state index in [9.17, 15) is 4.39 Å². The summed E-state index contributed by atoms with van der Waals surface area (Å²) in [5.74, 6) is 0.621. The van der Waals surface area contributed by atoms with Crippen LogP contribution in [0, 0.1) is 5.82 Å². The van der Waals surface area contributed by atoms with Crippen molar-refractivity contribution in [1.82, 2.24) is 4.98 Å². The third-order valence-electron chi connectivity index (χ3n) is 2.20. The van der Waals surface area contributed by atoms with Crippen LogP contribution >= 0.6 is 0 Å². The average Bonchev–Trinajstić information content (AvgIpc) is 2.68. The maximum Gasteiger partial charge on any atom is 0.226 e. The van der Waals surface area contributed by atoms with Crippen molar-refractivity contribution in [3.8, 4) is 11.5 Å². The Hall–Kier alpha value is -1.64. The molecule has 0 aliphatic carbocycles. The lowest BCUT2D eigenvalue weighted by atomic mass is 10.1. The molecule has 0 aliphatic rings. The Morgan fingerprint density at radius 2 is 1.87 bits per heavy atom. The van der Waals surface area contributed by atoms with Crippen LogP contribution in [0.5, 0.6) is 0 Å². The molecule has 15 heavy (non-hydrogen) atoms. The summed E-state index contributed by atoms with van der Waals surface area (Å²) < 4.78 is 18.0. The molecule has 0 fully saturated rings. The number of benzene rings is 1. The molecule has 1 aromatic carbocycles. The first-order chi connectivity index (χ1) is 7.16. The Balaban J connectivity index is 2.33. The first-order valence-corrected chi connectivity index (χ1v) is 4.88. The number of halogens is 1. The van der Waals surface area contributed by atoms with Crippen LogP contribution in [0.4, 0.5) is 4.39 Å². The number of nitrogens with zero attached hydrogens (tertiary/aromatic N) is 1. The van der Waals surface area contributed by atoms with E-state index in [2.05, 4.69) is 4.98 Å². The predicted molar refractivity (Wildman–Crippen MR) is 56.0 cm³/mol. The van der Waals surface area contributed by atoms with Crippen molar-refractivity contribution in [1.29, 1.82) is 0 Å². The van der Waals surface area contributed by atoms with E-state index in [0.717, 1.165) is 11.3 Å². The van der Waals surface area contributed by atoms with Crippen molar-refractivity contribution in [2.75, 3.05) is 0 Å². The molecule has 78 valence electrons. The number of hydrogen-bond acceptors (Lipinski definition) is 2. The van der Waals surface area contributed by atoms with Gasteiger partial charge < -0.3 is 4.42 Å². The van der Waals surface area contributed by atoms with Crippen LogP contribution in [0.15, 0.2) is 34.9 Å². The molecule has 3 heteroatoms. The second kappa shape index (κ2) is 3.85. The lowest BCUT2D eigenvalue weighted by Gasteiger charge is -1.96. The van der Waals surface area contributed by atoms with E-state index in [-0.39, 0.29) is 5.82 Å². The van der Waals surface area contributed by atoms with Gasteiger partial charge in [0.25, 0.3) is 0 Å². The molecule has 0 saturated carbocycles. The Morgan fingerprint density at radius 1 is 1.20 bits per heavy atom. The Bertz CT molecular complexity index is 445. The van der Waals surface area contributed by atoms with Gasteiger partial charge in [0.15, 0.2) is 0 Å². The molecule has 0 aliphatic heterocycles. The quantitative estimate of drug-likeness (QED) is 0.748. The van der Waals surface area contributed by atoms with Gasteiger partial charge in [-0.05, 0) is 30.2 Å². The van der Waals surface area contributed by atoms with Gasteiger partial charge in [0, 0.05) is 5.56 Å². The van der Waals surface area contributed by atoms with Crippen molar-refractivity contribution in [3.63, 3.8) is 0 Å². The minimum atomic E-state index is -0.255. The van der Waals surface area contributed by atoms with Gasteiger partial charge in [0.2, 0.25) is 5.89 Å². The van der Waals surface area contributed by atoms with Crippen LogP contribution in [0.2, 0.25) is 0 Å². The molecular formula is C12H12FNO. The van der Waals surface area contributed by atoms with Gasteiger partial charge in [-0.3, -0.25) is 0 Å². The van der Waals surface area contributed by atoms with Crippen molar-refractivity contribution in [3.05, 3.63) is 42.0 Å². The summed E-state index contributed by atoms with van der Waals surface area (Å²) in [6.45, 7) is 4.10. The fourth-order valence-corrected chi connectivity index (χ4v) is 1.28. The maximum atomic E-state index is 12.7. The molecule has 2 aromatic rings. The van der Waals surface area contributed by atoms with E-state index in [4.69, 9.17) is 4.42 Å². The van der Waals surface area contributed by atoms with E-state index in [1.165, 1.54) is 12.1 Å². The van der Waals surface area contributed by atoms with E-state index >= 15 is 0 Å². The highest BCUT2D eigenvalue weighted by molar-refractivity contribution is 5.52. The zero-order chi connectivity index (χ0) is 10.8. The maximum absolute atomic E-state index is 12.7. The first kappa shape index (κ1) is 9.90. The largest absolute Gasteiger partial charge is 0.444 e. The van der Waals surface area contributed by atoms with Crippen molar-refractivity contribution < 1.29 is 8.81 Å². The van der Waals surface area contributed by atoms with Crippen LogP contribution in [0.1, 0.15) is 25.5 Å². The number of rotatable bonds is 2. The third-order valence-corrected chi connectivity index (χ3v) is 2.20. The normalized spacial score (nSPS) is 10.9. The SMILES string of the molecule is CC(C)c1coc(-c2ccc(F)cc2)n1. The molecular weight excluding hydrogens is 193 g/mol. The second-order valence-electron chi connectivity index (χ2n) is 3.74. The van der Waals surface area contributed by atoms with E-state index < -0.39 is 0 Å². The molecule has 2 nitrogen and oxygen atoms in total. The highest BCUT2D eigenvalue weighted by Crippen LogP contribution is 2.22. The monoisotopic (exact) mass is 205 g/mol. The summed E-state index contributed by atoms with van der Waals surface area (Å²) in [7, 11) is 0. The Morgan fingerprint density at radius 3 is 2.40 bits per heavy atom. The highest BCUT2D eigenvalue weighted by Gasteiger charge is 2.08. The lowest BCUT2D eigenvalue weighted by molar-refractivity contribution is 0.570. The van der Waals surface area contributed by atoms with Gasteiger partial charge in [0.1, 0.15) is 12.1 Å². The fourth-order valence-electron chi connectivity index (χ4n) is 1.28. The van der Waals surface area contributed by atoms with Crippen LogP contribution in [0.3, 0.4) is 0 Å². The summed E-state index contributed by atoms with van der Waals surface area (Å²) in [6.07, 6.45) is 1.64. The summed E-state index contributed by atoms with van der Waals surface area (Å²) in [6, 6.07) is 6.11. The van der Waals surface area contributed by atoms with Crippen molar-refractivity contribution >= 4 is 0 Å². The molecule has 0 saturated heterocycles. The molecule has 0 amide bonds. The van der Waals surface area contributed by atoms with Gasteiger partial charge in [-0.25, -0.2) is 9.37 Å². The van der Waals surface area contributed by atoms with Crippen molar-refractivity contribution in [2.45, 2.75) is 19.8 Å². The van der Waals surface area contributed by atoms with E-state index in [1.807, 2.05) is 13.8 Å². The van der Waals surface area contributed by atoms with Crippen LogP contribution < -0.4 is 0 Å². The summed E-state index contributed by atoms with van der Waals surface area (Å²) >= 11 is 0. The minimum Gasteiger partial charge on any atom is -0.444 e. The molecule has 1 heterocycles. The summed E-state index contributed by atoms with van der Waals surface area (Å²) in [4.78, 5) is 4.32. The standard InChI is InChI=1S/C12H12FNO/c1-8(2)11-7-15-12(14-11)9-3-5-10(13)6-4-9/h3-8H,1-2H3. The second-order valence-corrected chi connectivity index (χ2v) is 3.74. The predicted octanol–water partition coefficient (Wildman–Crippen LogP) is 3.60. The lowest BCUT2D eigenvalue weighted by Crippen LogP contribution is -1.86. The van der Waals surface area contributed by atoms with E-state index in [1.54, 1.807) is 18.4 Å². The van der Waals surface area contributed by atoms with Crippen molar-refractivity contribution in [2.24, 2.45) is 0 Å². The smallest absolute Gasteiger partial charge is 0.226 e. The molecule has 0 N–H and O–H groups in total. The summed E-state index contributed by atoms with van der Waals surface area (Å²) in [5, 5.41) is 0. The van der Waals surface area contributed by atoms with Crippen LogP contribution in [0.25, 0.3) is 11.5 Å². The number of aromatic nitrogens is 1. The first-order valence-electron chi connectivity index (χ1n) is 4.88. The topological polar surface area (TPSA) is 26.0 Å². The van der Waals surface area contributed by atoms with Gasteiger partial charge in [-0.2, -0.15) is 0 Å². The molecule has 2 rings (SSSR count). The fraction of sp³-hybridized carbons (Fsp3) is 0.250. The Labute approximate surface area is 87.8 Å². The molecule has 1 aromatic heterocycles. The zero-order valence-electron chi connectivity index (χ0n) is 8.70. The van der Waals surface area contributed by atoms with Gasteiger partial charge in [-0.1, -0.05) is 13.8 Å². The third kappa shape index (κ3) is 2.06. The average molecular weight is 205 g/mol. The minimum absolute atomic E-state index is 0.255. The molecule has 0 unspecified atom stereocenters. The molecule has 0 spiro atoms. The van der Waals surface area contributed by atoms with Gasteiger partial charge >= 0.3 is 0 Å². The van der Waals surface area contributed by atoms with Gasteiger partial charge in [-0.15, -0.1) is 0 Å². The van der Waals surface area contributed by atoms with E-state index in [0.29, 0.717) is 11.8 Å². The van der Waals surface area contributed by atoms with Crippen LogP contribution in [-0.2, 0) is 0 Å². The summed E-state index contributed by atoms with van der Waals surface area (Å²) in [5.41, 5.74) is 1.71. The molecule has 0 bridgehead atoms. The molecule has 0 atom stereocenters. The van der Waals surface area contributed by atoms with Gasteiger partial charge in [0.05, 0.1) is 5.69 Å². The zero-order valence-corrected chi connectivity index (χ0v) is 8.70. The van der Waals surface area contributed by atoms with Crippen LogP contribution in [-0.4, -0.2) is 4.98 Å². The Kier molecular flexibility index (Phi) is 2.54.